The first-order valence-electron chi connectivity index (χ1n) is 8.56. The van der Waals surface area contributed by atoms with Crippen LogP contribution in [0.25, 0.3) is 10.9 Å². The molecule has 0 unspecified atom stereocenters. The van der Waals surface area contributed by atoms with E-state index in [4.69, 9.17) is 0 Å². The summed E-state index contributed by atoms with van der Waals surface area (Å²) in [6.45, 7) is 8.20. The Balaban J connectivity index is 1.75. The van der Waals surface area contributed by atoms with E-state index in [1.54, 1.807) is 11.5 Å². The van der Waals surface area contributed by atoms with Gasteiger partial charge in [0.1, 0.15) is 0 Å². The van der Waals surface area contributed by atoms with Gasteiger partial charge in [0, 0.05) is 29.9 Å². The van der Waals surface area contributed by atoms with Crippen molar-refractivity contribution >= 4 is 16.8 Å². The average Bonchev–Trinajstić information content (AvgIpc) is 2.56. The highest BCUT2D eigenvalue weighted by Crippen LogP contribution is 2.18. The Hall–Kier alpha value is -3.02. The summed E-state index contributed by atoms with van der Waals surface area (Å²) in [5.74, 6) is -0.191. The van der Waals surface area contributed by atoms with E-state index in [-0.39, 0.29) is 11.6 Å². The van der Waals surface area contributed by atoms with Crippen LogP contribution in [-0.2, 0) is 6.54 Å². The van der Waals surface area contributed by atoms with E-state index in [2.05, 4.69) is 15.3 Å². The number of aryl methyl sites for hydroxylation is 4. The molecule has 2 aromatic heterocycles. The summed E-state index contributed by atoms with van der Waals surface area (Å²) in [5, 5.41) is 3.81. The molecule has 0 saturated heterocycles. The molecule has 134 valence electrons. The molecular weight excluding hydrogens is 328 g/mol. The summed E-state index contributed by atoms with van der Waals surface area (Å²) in [4.78, 5) is 33.0. The van der Waals surface area contributed by atoms with Gasteiger partial charge < -0.3 is 5.32 Å². The van der Waals surface area contributed by atoms with Crippen LogP contribution < -0.4 is 11.0 Å². The first kappa shape index (κ1) is 17.8. The highest BCUT2D eigenvalue weighted by molar-refractivity contribution is 5.98. The van der Waals surface area contributed by atoms with E-state index in [1.807, 2.05) is 51.1 Å². The van der Waals surface area contributed by atoms with Crippen LogP contribution >= 0.6 is 0 Å². The van der Waals surface area contributed by atoms with Gasteiger partial charge in [0.25, 0.3) is 5.91 Å². The Morgan fingerprint density at radius 1 is 1.08 bits per heavy atom. The van der Waals surface area contributed by atoms with Gasteiger partial charge in [-0.25, -0.2) is 4.79 Å². The molecule has 0 aliphatic heterocycles. The van der Waals surface area contributed by atoms with Crippen LogP contribution in [0.15, 0.2) is 35.1 Å². The Morgan fingerprint density at radius 3 is 2.58 bits per heavy atom. The Kier molecular flexibility index (Phi) is 4.84. The number of hydrogen-bond acceptors (Lipinski definition) is 4. The van der Waals surface area contributed by atoms with Gasteiger partial charge in [0.2, 0.25) is 0 Å². The van der Waals surface area contributed by atoms with Gasteiger partial charge in [-0.15, -0.1) is 0 Å². The largest absolute Gasteiger partial charge is 0.350 e. The van der Waals surface area contributed by atoms with Gasteiger partial charge >= 0.3 is 5.69 Å². The molecule has 1 N–H and O–H groups in total. The number of aromatic nitrogens is 3. The SMILES string of the molecule is Cc1ccc2nc(C)c(C(=O)NCCn3c(C)cc(C)nc3=O)cc2c1. The van der Waals surface area contributed by atoms with Gasteiger partial charge in [-0.1, -0.05) is 11.6 Å². The number of amides is 1. The van der Waals surface area contributed by atoms with Crippen LogP contribution in [-0.4, -0.2) is 27.0 Å². The van der Waals surface area contributed by atoms with E-state index in [9.17, 15) is 9.59 Å². The summed E-state index contributed by atoms with van der Waals surface area (Å²) in [6, 6.07) is 9.69. The molecule has 0 spiro atoms. The molecule has 1 amide bonds. The second-order valence-electron chi connectivity index (χ2n) is 6.55. The third kappa shape index (κ3) is 3.64. The van der Waals surface area contributed by atoms with Crippen molar-refractivity contribution in [3.8, 4) is 0 Å². The molecule has 3 rings (SSSR count). The molecule has 0 atom stereocenters. The van der Waals surface area contributed by atoms with Crippen LogP contribution in [0.5, 0.6) is 0 Å². The van der Waals surface area contributed by atoms with Crippen molar-refractivity contribution in [1.29, 1.82) is 0 Å². The first-order valence-corrected chi connectivity index (χ1v) is 8.56. The van der Waals surface area contributed by atoms with E-state index in [0.717, 1.165) is 22.2 Å². The number of carbonyl (C=O) groups excluding carboxylic acids is 1. The molecule has 0 saturated carbocycles. The van der Waals surface area contributed by atoms with Crippen molar-refractivity contribution in [2.24, 2.45) is 0 Å². The number of fused-ring (bicyclic) bond motifs is 1. The van der Waals surface area contributed by atoms with Crippen molar-refractivity contribution in [3.63, 3.8) is 0 Å². The van der Waals surface area contributed by atoms with E-state index < -0.39 is 0 Å². The third-order valence-corrected chi connectivity index (χ3v) is 4.37. The van der Waals surface area contributed by atoms with Crippen LogP contribution in [0.1, 0.15) is 33.0 Å². The maximum Gasteiger partial charge on any atom is 0.348 e. The van der Waals surface area contributed by atoms with Crippen LogP contribution in [0.2, 0.25) is 0 Å². The van der Waals surface area contributed by atoms with Gasteiger partial charge in [-0.2, -0.15) is 4.98 Å². The molecular formula is C20H22N4O2. The minimum absolute atomic E-state index is 0.191. The molecule has 1 aromatic carbocycles. The molecule has 0 bridgehead atoms. The topological polar surface area (TPSA) is 76.9 Å². The lowest BCUT2D eigenvalue weighted by Crippen LogP contribution is -2.33. The lowest BCUT2D eigenvalue weighted by molar-refractivity contribution is 0.0951. The minimum atomic E-state index is -0.296. The standard InChI is InChI=1S/C20H22N4O2/c1-12-5-6-18-16(9-12)11-17(15(4)23-18)19(25)21-7-8-24-14(3)10-13(2)22-20(24)26/h5-6,9-11H,7-8H2,1-4H3,(H,21,25). The van der Waals surface area contributed by atoms with Crippen molar-refractivity contribution in [2.75, 3.05) is 6.54 Å². The normalized spacial score (nSPS) is 10.9. The lowest BCUT2D eigenvalue weighted by atomic mass is 10.1. The van der Waals surface area contributed by atoms with Gasteiger partial charge in [-0.3, -0.25) is 14.3 Å². The first-order chi connectivity index (χ1) is 12.3. The molecule has 3 aromatic rings. The zero-order chi connectivity index (χ0) is 18.8. The summed E-state index contributed by atoms with van der Waals surface area (Å²) >= 11 is 0. The minimum Gasteiger partial charge on any atom is -0.350 e. The van der Waals surface area contributed by atoms with Gasteiger partial charge in [-0.05, 0) is 52.0 Å². The predicted octanol–water partition coefficient (Wildman–Crippen LogP) is 2.46. The monoisotopic (exact) mass is 350 g/mol. The summed E-state index contributed by atoms with van der Waals surface area (Å²) in [6.07, 6.45) is 0. The quantitative estimate of drug-likeness (QED) is 0.784. The van der Waals surface area contributed by atoms with Crippen LogP contribution in [0.3, 0.4) is 0 Å². The average molecular weight is 350 g/mol. The number of hydrogen-bond donors (Lipinski definition) is 1. The third-order valence-electron chi connectivity index (χ3n) is 4.37. The molecule has 0 aliphatic carbocycles. The second-order valence-corrected chi connectivity index (χ2v) is 6.55. The Morgan fingerprint density at radius 2 is 1.85 bits per heavy atom. The van der Waals surface area contributed by atoms with Gasteiger partial charge in [0.15, 0.2) is 0 Å². The second kappa shape index (κ2) is 7.07. The molecule has 26 heavy (non-hydrogen) atoms. The summed E-state index contributed by atoms with van der Waals surface area (Å²) < 4.78 is 1.56. The number of carbonyl (C=O) groups is 1. The Bertz CT molecular complexity index is 1050. The molecule has 6 heteroatoms. The number of pyridine rings is 1. The predicted molar refractivity (Wildman–Crippen MR) is 102 cm³/mol. The van der Waals surface area contributed by atoms with Crippen molar-refractivity contribution < 1.29 is 4.79 Å². The number of benzene rings is 1. The maximum absolute atomic E-state index is 12.6. The summed E-state index contributed by atoms with van der Waals surface area (Å²) in [7, 11) is 0. The molecule has 0 radical (unpaired) electrons. The van der Waals surface area contributed by atoms with Crippen LogP contribution in [0.4, 0.5) is 0 Å². The smallest absolute Gasteiger partial charge is 0.348 e. The lowest BCUT2D eigenvalue weighted by Gasteiger charge is -2.12. The molecule has 6 nitrogen and oxygen atoms in total. The van der Waals surface area contributed by atoms with E-state index >= 15 is 0 Å². The van der Waals surface area contributed by atoms with E-state index in [0.29, 0.717) is 30.0 Å². The molecule has 2 heterocycles. The van der Waals surface area contributed by atoms with Gasteiger partial charge in [0.05, 0.1) is 16.8 Å². The van der Waals surface area contributed by atoms with E-state index in [1.165, 1.54) is 0 Å². The number of rotatable bonds is 4. The fourth-order valence-corrected chi connectivity index (χ4v) is 3.05. The zero-order valence-corrected chi connectivity index (χ0v) is 15.5. The highest BCUT2D eigenvalue weighted by atomic mass is 16.2. The van der Waals surface area contributed by atoms with Crippen LogP contribution in [0, 0.1) is 27.7 Å². The van der Waals surface area contributed by atoms with Crippen molar-refractivity contribution in [2.45, 2.75) is 34.2 Å². The zero-order valence-electron chi connectivity index (χ0n) is 15.5. The number of nitrogens with zero attached hydrogens (tertiary/aromatic N) is 3. The van der Waals surface area contributed by atoms with Crippen molar-refractivity contribution in [3.05, 3.63) is 69.0 Å². The molecule has 0 fully saturated rings. The number of nitrogens with one attached hydrogen (secondary N) is 1. The summed E-state index contributed by atoms with van der Waals surface area (Å²) in [5.41, 5.74) is 4.46. The Labute approximate surface area is 151 Å². The highest BCUT2D eigenvalue weighted by Gasteiger charge is 2.12. The van der Waals surface area contributed by atoms with Crippen molar-refractivity contribution in [1.82, 2.24) is 19.9 Å². The maximum atomic E-state index is 12.6. The molecule has 0 aliphatic rings. The fourth-order valence-electron chi connectivity index (χ4n) is 3.05. The fraction of sp³-hybridized carbons (Fsp3) is 0.300.